The zero-order valence-corrected chi connectivity index (χ0v) is 11.4. The second kappa shape index (κ2) is 5.56. The van der Waals surface area contributed by atoms with E-state index in [-0.39, 0.29) is 6.54 Å². The smallest absolute Gasteiger partial charge is 0.407 e. The lowest BCUT2D eigenvalue weighted by molar-refractivity contribution is 0.0523. The first-order valence-corrected chi connectivity index (χ1v) is 5.80. The molecule has 0 aromatic carbocycles. The van der Waals surface area contributed by atoms with E-state index in [0.29, 0.717) is 15.7 Å². The predicted octanol–water partition coefficient (Wildman–Crippen LogP) is 3.41. The summed E-state index contributed by atoms with van der Waals surface area (Å²) in [6.45, 7) is 5.63. The maximum atomic E-state index is 11.4. The number of amides is 1. The van der Waals surface area contributed by atoms with Crippen molar-refractivity contribution in [2.45, 2.75) is 32.9 Å². The van der Waals surface area contributed by atoms with Crippen LogP contribution < -0.4 is 5.32 Å². The van der Waals surface area contributed by atoms with Crippen molar-refractivity contribution in [1.82, 2.24) is 10.3 Å². The standard InChI is InChI=1S/C11H14Cl2N2O2/c1-11(2,3)17-10(16)15-5-7-4-9(13)14-6-8(7)12/h4,6H,5H2,1-3H3,(H,15,16). The number of pyridine rings is 1. The fourth-order valence-electron chi connectivity index (χ4n) is 1.07. The lowest BCUT2D eigenvalue weighted by Gasteiger charge is -2.19. The van der Waals surface area contributed by atoms with Crippen molar-refractivity contribution >= 4 is 29.3 Å². The van der Waals surface area contributed by atoms with Gasteiger partial charge in [0.2, 0.25) is 0 Å². The molecule has 0 fully saturated rings. The Morgan fingerprint density at radius 2 is 2.12 bits per heavy atom. The highest BCUT2D eigenvalue weighted by Gasteiger charge is 2.16. The van der Waals surface area contributed by atoms with E-state index in [1.54, 1.807) is 26.8 Å². The molecule has 0 bridgehead atoms. The zero-order valence-electron chi connectivity index (χ0n) is 9.88. The Balaban J connectivity index is 2.56. The fourth-order valence-corrected chi connectivity index (χ4v) is 1.42. The van der Waals surface area contributed by atoms with Crippen LogP contribution in [0.15, 0.2) is 12.3 Å². The molecule has 0 aliphatic rings. The first kappa shape index (κ1) is 14.1. The molecule has 0 aliphatic carbocycles. The molecule has 0 saturated carbocycles. The minimum atomic E-state index is -0.524. The molecule has 1 heterocycles. The predicted molar refractivity (Wildman–Crippen MR) is 67.3 cm³/mol. The quantitative estimate of drug-likeness (QED) is 0.843. The van der Waals surface area contributed by atoms with E-state index >= 15 is 0 Å². The Hall–Kier alpha value is -1.00. The van der Waals surface area contributed by atoms with Crippen LogP contribution in [0.5, 0.6) is 0 Å². The minimum absolute atomic E-state index is 0.246. The van der Waals surface area contributed by atoms with Crippen LogP contribution in [0.2, 0.25) is 10.2 Å². The summed E-state index contributed by atoms with van der Waals surface area (Å²) in [7, 11) is 0. The van der Waals surface area contributed by atoms with E-state index in [1.165, 1.54) is 6.20 Å². The normalized spacial score (nSPS) is 11.1. The number of carbonyl (C=O) groups excluding carboxylic acids is 1. The Morgan fingerprint density at radius 3 is 2.71 bits per heavy atom. The molecule has 17 heavy (non-hydrogen) atoms. The summed E-state index contributed by atoms with van der Waals surface area (Å²) >= 11 is 11.6. The number of ether oxygens (including phenoxy) is 1. The highest BCUT2D eigenvalue weighted by atomic mass is 35.5. The molecule has 0 atom stereocenters. The molecule has 1 aromatic heterocycles. The molecule has 0 aliphatic heterocycles. The number of rotatable bonds is 2. The van der Waals surface area contributed by atoms with Crippen LogP contribution in [0.1, 0.15) is 26.3 Å². The molecule has 6 heteroatoms. The summed E-state index contributed by atoms with van der Waals surface area (Å²) in [5.74, 6) is 0. The van der Waals surface area contributed by atoms with Crippen molar-refractivity contribution < 1.29 is 9.53 Å². The average Bonchev–Trinajstić information content (AvgIpc) is 2.17. The van der Waals surface area contributed by atoms with Gasteiger partial charge < -0.3 is 10.1 Å². The fraction of sp³-hybridized carbons (Fsp3) is 0.455. The average molecular weight is 277 g/mol. The van der Waals surface area contributed by atoms with E-state index in [9.17, 15) is 4.79 Å². The molecule has 1 rings (SSSR count). The number of nitrogens with one attached hydrogen (secondary N) is 1. The Labute approximate surface area is 110 Å². The maximum Gasteiger partial charge on any atom is 0.407 e. The van der Waals surface area contributed by atoms with Crippen LogP contribution in [-0.2, 0) is 11.3 Å². The molecule has 0 unspecified atom stereocenters. The van der Waals surface area contributed by atoms with E-state index in [0.717, 1.165) is 0 Å². The molecule has 94 valence electrons. The largest absolute Gasteiger partial charge is 0.444 e. The van der Waals surface area contributed by atoms with Crippen LogP contribution in [-0.4, -0.2) is 16.7 Å². The number of nitrogens with zero attached hydrogens (tertiary/aromatic N) is 1. The molecule has 4 nitrogen and oxygen atoms in total. The van der Waals surface area contributed by atoms with Gasteiger partial charge in [-0.3, -0.25) is 0 Å². The van der Waals surface area contributed by atoms with Gasteiger partial charge in [0.15, 0.2) is 0 Å². The molecule has 1 amide bonds. The van der Waals surface area contributed by atoms with E-state index < -0.39 is 11.7 Å². The molecule has 1 N–H and O–H groups in total. The summed E-state index contributed by atoms with van der Waals surface area (Å²) in [6, 6.07) is 1.60. The minimum Gasteiger partial charge on any atom is -0.444 e. The lowest BCUT2D eigenvalue weighted by Crippen LogP contribution is -2.32. The summed E-state index contributed by atoms with van der Waals surface area (Å²) in [5.41, 5.74) is 0.168. The Kier molecular flexibility index (Phi) is 4.60. The van der Waals surface area contributed by atoms with Crippen LogP contribution in [0.4, 0.5) is 4.79 Å². The topological polar surface area (TPSA) is 51.2 Å². The van der Waals surface area contributed by atoms with Gasteiger partial charge in [-0.25, -0.2) is 9.78 Å². The number of halogens is 2. The summed E-state index contributed by atoms with van der Waals surface area (Å²) in [5, 5.41) is 3.37. The number of carbonyl (C=O) groups is 1. The van der Waals surface area contributed by atoms with E-state index in [2.05, 4.69) is 10.3 Å². The lowest BCUT2D eigenvalue weighted by atomic mass is 10.2. The molecule has 0 spiro atoms. The van der Waals surface area contributed by atoms with E-state index in [4.69, 9.17) is 27.9 Å². The van der Waals surface area contributed by atoms with Crippen molar-refractivity contribution in [3.8, 4) is 0 Å². The van der Waals surface area contributed by atoms with Crippen LogP contribution in [0.3, 0.4) is 0 Å². The highest BCUT2D eigenvalue weighted by molar-refractivity contribution is 6.32. The second-order valence-electron chi connectivity index (χ2n) is 4.45. The van der Waals surface area contributed by atoms with Gasteiger partial charge in [0.05, 0.1) is 5.02 Å². The van der Waals surface area contributed by atoms with Gasteiger partial charge in [-0.2, -0.15) is 0 Å². The number of hydrogen-bond donors (Lipinski definition) is 1. The Bertz CT molecular complexity index is 416. The van der Waals surface area contributed by atoms with Crippen molar-refractivity contribution in [1.29, 1.82) is 0 Å². The first-order chi connectivity index (χ1) is 7.78. The number of aromatic nitrogens is 1. The molecular formula is C11H14Cl2N2O2. The molecule has 0 saturated heterocycles. The van der Waals surface area contributed by atoms with Gasteiger partial charge in [0.1, 0.15) is 10.8 Å². The summed E-state index contributed by atoms with van der Waals surface area (Å²) in [6.07, 6.45) is 0.942. The third-order valence-corrected chi connectivity index (χ3v) is 2.27. The van der Waals surface area contributed by atoms with E-state index in [1.807, 2.05) is 0 Å². The van der Waals surface area contributed by atoms with Gasteiger partial charge >= 0.3 is 6.09 Å². The van der Waals surface area contributed by atoms with Gasteiger partial charge in [0, 0.05) is 12.7 Å². The highest BCUT2D eigenvalue weighted by Crippen LogP contribution is 2.18. The van der Waals surface area contributed by atoms with Crippen LogP contribution >= 0.6 is 23.2 Å². The second-order valence-corrected chi connectivity index (χ2v) is 5.25. The first-order valence-electron chi connectivity index (χ1n) is 5.05. The zero-order chi connectivity index (χ0) is 13.1. The molecular weight excluding hydrogens is 263 g/mol. The molecule has 1 aromatic rings. The third kappa shape index (κ3) is 5.24. The Morgan fingerprint density at radius 1 is 1.47 bits per heavy atom. The molecule has 0 radical (unpaired) electrons. The van der Waals surface area contributed by atoms with Gasteiger partial charge in [-0.05, 0) is 32.4 Å². The SMILES string of the molecule is CC(C)(C)OC(=O)NCc1cc(Cl)ncc1Cl. The summed E-state index contributed by atoms with van der Waals surface area (Å²) < 4.78 is 5.09. The monoisotopic (exact) mass is 276 g/mol. The van der Waals surface area contributed by atoms with Gasteiger partial charge in [-0.15, -0.1) is 0 Å². The van der Waals surface area contributed by atoms with Crippen LogP contribution in [0, 0.1) is 0 Å². The third-order valence-electron chi connectivity index (χ3n) is 1.72. The summed E-state index contributed by atoms with van der Waals surface area (Å²) in [4.78, 5) is 15.2. The number of alkyl carbamates (subject to hydrolysis) is 1. The number of hydrogen-bond acceptors (Lipinski definition) is 3. The van der Waals surface area contributed by atoms with Crippen molar-refractivity contribution in [3.63, 3.8) is 0 Å². The van der Waals surface area contributed by atoms with Crippen molar-refractivity contribution in [3.05, 3.63) is 28.0 Å². The maximum absolute atomic E-state index is 11.4. The van der Waals surface area contributed by atoms with Crippen molar-refractivity contribution in [2.75, 3.05) is 0 Å². The van der Waals surface area contributed by atoms with Gasteiger partial charge in [0.25, 0.3) is 0 Å². The van der Waals surface area contributed by atoms with Crippen molar-refractivity contribution in [2.24, 2.45) is 0 Å². The van der Waals surface area contributed by atoms with Crippen LogP contribution in [0.25, 0.3) is 0 Å². The van der Waals surface area contributed by atoms with Gasteiger partial charge in [-0.1, -0.05) is 23.2 Å².